The second-order valence-electron chi connectivity index (χ2n) is 5.10. The van der Waals surface area contributed by atoms with Crippen LogP contribution in [0.2, 0.25) is 0 Å². The third kappa shape index (κ3) is 1.62. The Morgan fingerprint density at radius 2 is 2.33 bits per heavy atom. The number of esters is 1. The molecule has 0 aromatic carbocycles. The molecule has 3 rings (SSSR count). The van der Waals surface area contributed by atoms with Crippen molar-refractivity contribution in [2.24, 2.45) is 17.3 Å². The lowest BCUT2D eigenvalue weighted by Gasteiger charge is -2.56. The summed E-state index contributed by atoms with van der Waals surface area (Å²) in [5, 5.41) is 0. The van der Waals surface area contributed by atoms with Gasteiger partial charge in [0.2, 0.25) is 0 Å². The highest BCUT2D eigenvalue weighted by molar-refractivity contribution is 5.82. The molecule has 15 heavy (non-hydrogen) atoms. The second kappa shape index (κ2) is 3.51. The molecule has 1 fully saturated rings. The molecule has 0 saturated heterocycles. The molecule has 0 N–H and O–H groups in total. The topological polar surface area (TPSA) is 26.3 Å². The summed E-state index contributed by atoms with van der Waals surface area (Å²) in [7, 11) is 1.41. The molecular weight excluding hydrogens is 188 g/mol. The molecule has 3 aliphatic carbocycles. The van der Waals surface area contributed by atoms with Crippen LogP contribution in [0.3, 0.4) is 0 Å². The lowest BCUT2D eigenvalue weighted by atomic mass is 9.49. The van der Waals surface area contributed by atoms with Crippen molar-refractivity contribution in [1.82, 2.24) is 0 Å². The van der Waals surface area contributed by atoms with Crippen molar-refractivity contribution in [2.75, 3.05) is 7.11 Å². The van der Waals surface area contributed by atoms with Gasteiger partial charge < -0.3 is 4.74 Å². The van der Waals surface area contributed by atoms with E-state index in [1.54, 1.807) is 0 Å². The van der Waals surface area contributed by atoms with Crippen molar-refractivity contribution in [3.05, 3.63) is 23.8 Å². The summed E-state index contributed by atoms with van der Waals surface area (Å²) in [6.45, 7) is 4.65. The molecule has 0 amide bonds. The fourth-order valence-electron chi connectivity index (χ4n) is 2.82. The largest absolute Gasteiger partial charge is 0.466 e. The Bertz CT molecular complexity index is 336. The smallest absolute Gasteiger partial charge is 0.330 e. The first-order valence-electron chi connectivity index (χ1n) is 5.51. The number of methoxy groups -OCH3 is 1. The van der Waals surface area contributed by atoms with Gasteiger partial charge in [-0.3, -0.25) is 0 Å². The maximum Gasteiger partial charge on any atom is 0.330 e. The number of allylic oxidation sites excluding steroid dienone is 3. The van der Waals surface area contributed by atoms with Crippen LogP contribution in [0.5, 0.6) is 0 Å². The molecular formula is C13H18O2. The van der Waals surface area contributed by atoms with E-state index < -0.39 is 0 Å². The number of hydrogen-bond acceptors (Lipinski definition) is 2. The molecule has 2 atom stereocenters. The SMILES string of the molecule is COC(=O)/C=C/C1=CCC2CC1C2(C)C. The van der Waals surface area contributed by atoms with Gasteiger partial charge in [0, 0.05) is 6.08 Å². The third-order valence-electron chi connectivity index (χ3n) is 4.12. The summed E-state index contributed by atoms with van der Waals surface area (Å²) in [6.07, 6.45) is 8.16. The van der Waals surface area contributed by atoms with Gasteiger partial charge in [0.15, 0.2) is 0 Å². The van der Waals surface area contributed by atoms with E-state index in [4.69, 9.17) is 0 Å². The minimum atomic E-state index is -0.268. The monoisotopic (exact) mass is 206 g/mol. The Hall–Kier alpha value is -1.05. The number of carbonyl (C=O) groups is 1. The molecule has 2 nitrogen and oxygen atoms in total. The van der Waals surface area contributed by atoms with Crippen molar-refractivity contribution in [1.29, 1.82) is 0 Å². The van der Waals surface area contributed by atoms with Crippen LogP contribution in [0, 0.1) is 17.3 Å². The molecule has 3 aliphatic rings. The quantitative estimate of drug-likeness (QED) is 0.513. The maximum absolute atomic E-state index is 11.0. The van der Waals surface area contributed by atoms with Gasteiger partial charge in [0.1, 0.15) is 0 Å². The summed E-state index contributed by atoms with van der Waals surface area (Å²) < 4.78 is 4.59. The van der Waals surface area contributed by atoms with Gasteiger partial charge in [0.25, 0.3) is 0 Å². The summed E-state index contributed by atoms with van der Waals surface area (Å²) in [5.74, 6) is 1.21. The van der Waals surface area contributed by atoms with Crippen molar-refractivity contribution < 1.29 is 9.53 Å². The summed E-state index contributed by atoms with van der Waals surface area (Å²) in [6, 6.07) is 0. The van der Waals surface area contributed by atoms with E-state index in [0.717, 1.165) is 12.3 Å². The summed E-state index contributed by atoms with van der Waals surface area (Å²) in [4.78, 5) is 11.0. The zero-order valence-corrected chi connectivity index (χ0v) is 9.62. The van der Waals surface area contributed by atoms with Crippen molar-refractivity contribution in [2.45, 2.75) is 26.7 Å². The van der Waals surface area contributed by atoms with Crippen molar-refractivity contribution >= 4 is 5.97 Å². The minimum absolute atomic E-state index is 0.268. The van der Waals surface area contributed by atoms with Gasteiger partial charge in [-0.2, -0.15) is 0 Å². The van der Waals surface area contributed by atoms with Crippen molar-refractivity contribution in [3.8, 4) is 0 Å². The highest BCUT2D eigenvalue weighted by Crippen LogP contribution is 2.59. The van der Waals surface area contributed by atoms with Gasteiger partial charge in [-0.15, -0.1) is 0 Å². The van der Waals surface area contributed by atoms with Gasteiger partial charge in [-0.25, -0.2) is 4.79 Å². The van der Waals surface area contributed by atoms with Gasteiger partial charge in [-0.05, 0) is 35.7 Å². The van der Waals surface area contributed by atoms with E-state index in [1.165, 1.54) is 25.2 Å². The molecule has 2 heteroatoms. The Kier molecular flexibility index (Phi) is 2.45. The lowest BCUT2D eigenvalue weighted by Crippen LogP contribution is -2.47. The molecule has 1 saturated carbocycles. The van der Waals surface area contributed by atoms with E-state index in [9.17, 15) is 4.79 Å². The van der Waals surface area contributed by atoms with Crippen LogP contribution in [-0.2, 0) is 9.53 Å². The summed E-state index contributed by atoms with van der Waals surface area (Å²) >= 11 is 0. The van der Waals surface area contributed by atoms with Crippen LogP contribution in [0.1, 0.15) is 26.7 Å². The molecule has 0 radical (unpaired) electrons. The Balaban J connectivity index is 2.09. The Morgan fingerprint density at radius 1 is 1.60 bits per heavy atom. The second-order valence-corrected chi connectivity index (χ2v) is 5.10. The Morgan fingerprint density at radius 3 is 2.87 bits per heavy atom. The molecule has 0 aliphatic heterocycles. The van der Waals surface area contributed by atoms with Gasteiger partial charge in [-0.1, -0.05) is 26.0 Å². The Labute approximate surface area is 91.0 Å². The zero-order valence-electron chi connectivity index (χ0n) is 9.62. The van der Waals surface area contributed by atoms with Crippen LogP contribution in [0.4, 0.5) is 0 Å². The maximum atomic E-state index is 11.0. The standard InChI is InChI=1S/C13H18O2/c1-13(2)10-6-4-9(11(13)8-10)5-7-12(14)15-3/h4-5,7,10-11H,6,8H2,1-3H3/b7-5+. The minimum Gasteiger partial charge on any atom is -0.466 e. The number of carbonyl (C=O) groups excluding carboxylic acids is 1. The van der Waals surface area contributed by atoms with Crippen LogP contribution >= 0.6 is 0 Å². The first-order valence-corrected chi connectivity index (χ1v) is 5.51. The molecule has 0 spiro atoms. The fourth-order valence-corrected chi connectivity index (χ4v) is 2.82. The predicted octanol–water partition coefficient (Wildman–Crippen LogP) is 2.71. The van der Waals surface area contributed by atoms with Gasteiger partial charge >= 0.3 is 5.97 Å². The van der Waals surface area contributed by atoms with E-state index in [1.807, 2.05) is 6.08 Å². The van der Waals surface area contributed by atoms with E-state index >= 15 is 0 Å². The molecule has 0 aromatic heterocycles. The summed E-state index contributed by atoms with van der Waals surface area (Å²) in [5.41, 5.74) is 1.73. The fraction of sp³-hybridized carbons (Fsp3) is 0.615. The highest BCUT2D eigenvalue weighted by Gasteiger charge is 2.50. The number of rotatable bonds is 2. The van der Waals surface area contributed by atoms with Crippen LogP contribution < -0.4 is 0 Å². The third-order valence-corrected chi connectivity index (χ3v) is 4.12. The van der Waals surface area contributed by atoms with Crippen LogP contribution in [-0.4, -0.2) is 13.1 Å². The van der Waals surface area contributed by atoms with E-state index in [2.05, 4.69) is 24.7 Å². The van der Waals surface area contributed by atoms with E-state index in [0.29, 0.717) is 11.3 Å². The van der Waals surface area contributed by atoms with Crippen molar-refractivity contribution in [3.63, 3.8) is 0 Å². The highest BCUT2D eigenvalue weighted by atomic mass is 16.5. The molecule has 2 unspecified atom stereocenters. The first-order chi connectivity index (χ1) is 7.05. The number of fused-ring (bicyclic) bond motifs is 1. The van der Waals surface area contributed by atoms with Crippen LogP contribution in [0.25, 0.3) is 0 Å². The molecule has 0 heterocycles. The van der Waals surface area contributed by atoms with E-state index in [-0.39, 0.29) is 5.97 Å². The number of hydrogen-bond donors (Lipinski definition) is 0. The average Bonchev–Trinajstić information content (AvgIpc) is 2.25. The first kappa shape index (κ1) is 10.5. The molecule has 0 aromatic rings. The average molecular weight is 206 g/mol. The normalized spacial score (nSPS) is 32.1. The predicted molar refractivity (Wildman–Crippen MR) is 59.2 cm³/mol. The number of ether oxygens (including phenoxy) is 1. The lowest BCUT2D eigenvalue weighted by molar-refractivity contribution is -0.134. The van der Waals surface area contributed by atoms with Crippen LogP contribution in [0.15, 0.2) is 23.8 Å². The molecule has 2 bridgehead atoms. The van der Waals surface area contributed by atoms with Gasteiger partial charge in [0.05, 0.1) is 7.11 Å². The molecule has 82 valence electrons. The zero-order chi connectivity index (χ0) is 11.1.